The van der Waals surface area contributed by atoms with Crippen molar-refractivity contribution in [3.8, 4) is 11.1 Å². The summed E-state index contributed by atoms with van der Waals surface area (Å²) in [6.45, 7) is 0.296. The summed E-state index contributed by atoms with van der Waals surface area (Å²) < 4.78 is 0. The van der Waals surface area contributed by atoms with Crippen LogP contribution in [0.4, 0.5) is 5.69 Å². The van der Waals surface area contributed by atoms with Crippen molar-refractivity contribution >= 4 is 23.5 Å². The molecular weight excluding hydrogens is 382 g/mol. The molecule has 156 valence electrons. The van der Waals surface area contributed by atoms with E-state index in [4.69, 9.17) is 10.6 Å². The summed E-state index contributed by atoms with van der Waals surface area (Å²) in [5.74, 6) is -3.16. The number of anilines is 1. The minimum Gasteiger partial charge on any atom is -0.478 e. The number of nitrogens with zero attached hydrogens (tertiary/aromatic N) is 1. The maximum absolute atomic E-state index is 12.0. The molecule has 29 heavy (non-hydrogen) atoms. The molecule has 0 bridgehead atoms. The minimum absolute atomic E-state index is 0.0796. The van der Waals surface area contributed by atoms with Crippen LogP contribution in [-0.4, -0.2) is 71.4 Å². The molecule has 0 aliphatic heterocycles. The van der Waals surface area contributed by atoms with Crippen LogP contribution in [0.3, 0.4) is 0 Å². The number of nitrogens with two attached hydrogens (primary N) is 1. The Balaban J connectivity index is 2.16. The van der Waals surface area contributed by atoms with Gasteiger partial charge in [0, 0.05) is 6.54 Å². The lowest BCUT2D eigenvalue weighted by Gasteiger charge is -2.15. The highest BCUT2D eigenvalue weighted by Crippen LogP contribution is 2.38. The van der Waals surface area contributed by atoms with Crippen LogP contribution in [0.2, 0.25) is 0 Å². The Kier molecular flexibility index (Phi) is 7.10. The molecule has 10 nitrogen and oxygen atoms in total. The highest BCUT2D eigenvalue weighted by molar-refractivity contribution is 6.14. The second-order valence-corrected chi connectivity index (χ2v) is 6.77. The van der Waals surface area contributed by atoms with Crippen LogP contribution in [0.5, 0.6) is 0 Å². The number of hydrogen-bond acceptors (Lipinski definition) is 7. The first-order chi connectivity index (χ1) is 13.6. The fourth-order valence-electron chi connectivity index (χ4n) is 2.96. The van der Waals surface area contributed by atoms with Crippen molar-refractivity contribution in [2.24, 2.45) is 0 Å². The predicted molar refractivity (Wildman–Crippen MR) is 104 cm³/mol. The predicted octanol–water partition coefficient (Wildman–Crippen LogP) is 0.283. The zero-order valence-corrected chi connectivity index (χ0v) is 16.0. The molecule has 0 aromatic heterocycles. The Hall–Kier alpha value is -3.21. The van der Waals surface area contributed by atoms with Crippen molar-refractivity contribution in [1.82, 2.24) is 10.4 Å². The van der Waals surface area contributed by atoms with Crippen LogP contribution in [-0.2, 0) is 16.1 Å². The Morgan fingerprint density at radius 1 is 1.07 bits per heavy atom. The van der Waals surface area contributed by atoms with E-state index in [1.165, 1.54) is 24.3 Å². The molecule has 0 saturated carbocycles. The Labute approximate surface area is 166 Å². The molecule has 2 aliphatic rings. The zero-order valence-electron chi connectivity index (χ0n) is 16.0. The molecule has 0 fully saturated rings. The molecule has 0 radical (unpaired) electrons. The van der Waals surface area contributed by atoms with Crippen molar-refractivity contribution in [3.63, 3.8) is 0 Å². The lowest BCUT2D eigenvalue weighted by atomic mass is 10.1. The fourth-order valence-corrected chi connectivity index (χ4v) is 2.96. The summed E-state index contributed by atoms with van der Waals surface area (Å²) in [6, 6.07) is 5.87. The van der Waals surface area contributed by atoms with E-state index in [9.17, 15) is 29.7 Å². The standard InChI is InChI=1S/C19H23N3O7/c1-22(2)8-11(23)9-29-21-14(24)7-10-3-5-12-13(6-4-10)16(19(27)28)17(20)15(12)18(25)26/h3-6,11,23H,7-9,20H2,1-2H3,(H,21,24)(H,25,26)(H,27,28). The SMILES string of the molecule is CN(C)CC(O)CONC(=O)Cc1ccc2c(C(=O)O)c(N)c(C(=O)O)c-2cc1. The number of carbonyl (C=O) groups is 3. The third-order valence-corrected chi connectivity index (χ3v) is 4.13. The topological polar surface area (TPSA) is 162 Å². The number of carbonyl (C=O) groups excluding carboxylic acids is 1. The molecule has 1 atom stereocenters. The molecule has 0 saturated heterocycles. The quantitative estimate of drug-likeness (QED) is 0.369. The summed E-state index contributed by atoms with van der Waals surface area (Å²) >= 11 is 0. The molecule has 6 N–H and O–H groups in total. The lowest BCUT2D eigenvalue weighted by molar-refractivity contribution is -0.135. The Bertz CT molecular complexity index is 846. The number of carboxylic acids is 2. The largest absolute Gasteiger partial charge is 0.478 e. The van der Waals surface area contributed by atoms with Crippen LogP contribution < -0.4 is 11.2 Å². The van der Waals surface area contributed by atoms with E-state index >= 15 is 0 Å². The number of hydroxylamine groups is 1. The molecule has 0 aromatic carbocycles. The van der Waals surface area contributed by atoms with Gasteiger partial charge in [-0.1, -0.05) is 24.3 Å². The van der Waals surface area contributed by atoms with Gasteiger partial charge in [-0.05, 0) is 30.8 Å². The van der Waals surface area contributed by atoms with E-state index in [0.717, 1.165) is 0 Å². The first kappa shape index (κ1) is 22.1. The highest BCUT2D eigenvalue weighted by Gasteiger charge is 2.28. The van der Waals surface area contributed by atoms with Gasteiger partial charge in [0.15, 0.2) is 0 Å². The molecule has 10 heteroatoms. The number of fused-ring (bicyclic) bond motifs is 1. The average Bonchev–Trinajstić information content (AvgIpc) is 2.74. The summed E-state index contributed by atoms with van der Waals surface area (Å²) in [5, 5.41) is 28.4. The molecule has 0 aromatic rings. The van der Waals surface area contributed by atoms with Gasteiger partial charge in [0.25, 0.3) is 0 Å². The third-order valence-electron chi connectivity index (χ3n) is 4.13. The number of carboxylic acid groups (broad SMARTS) is 2. The number of aliphatic hydroxyl groups is 1. The first-order valence-corrected chi connectivity index (χ1v) is 8.65. The number of likely N-dealkylation sites (N-methyl/N-ethyl adjacent to an activating group) is 1. The van der Waals surface area contributed by atoms with E-state index in [2.05, 4.69) is 5.48 Å². The maximum Gasteiger partial charge on any atom is 0.338 e. The summed E-state index contributed by atoms with van der Waals surface area (Å²) in [4.78, 5) is 41.8. The monoisotopic (exact) mass is 405 g/mol. The van der Waals surface area contributed by atoms with E-state index < -0.39 is 23.9 Å². The van der Waals surface area contributed by atoms with E-state index in [0.29, 0.717) is 12.1 Å². The molecule has 1 unspecified atom stereocenters. The van der Waals surface area contributed by atoms with Crippen LogP contribution in [0.15, 0.2) is 24.3 Å². The second kappa shape index (κ2) is 9.32. The third kappa shape index (κ3) is 5.41. The van der Waals surface area contributed by atoms with Gasteiger partial charge in [-0.3, -0.25) is 9.63 Å². The second-order valence-electron chi connectivity index (χ2n) is 6.77. The molecule has 2 rings (SSSR count). The van der Waals surface area contributed by atoms with Crippen molar-refractivity contribution < 1.29 is 34.5 Å². The Morgan fingerprint density at radius 3 is 2.03 bits per heavy atom. The number of amides is 1. The fraction of sp³-hybridized carbons (Fsp3) is 0.316. The van der Waals surface area contributed by atoms with Crippen LogP contribution in [0.1, 0.15) is 26.3 Å². The molecule has 0 heterocycles. The van der Waals surface area contributed by atoms with Gasteiger partial charge in [-0.15, -0.1) is 0 Å². The smallest absolute Gasteiger partial charge is 0.338 e. The number of aliphatic hydroxyl groups excluding tert-OH is 1. The lowest BCUT2D eigenvalue weighted by Crippen LogP contribution is -2.34. The summed E-state index contributed by atoms with van der Waals surface area (Å²) in [6.07, 6.45) is -0.860. The van der Waals surface area contributed by atoms with Gasteiger partial charge in [-0.2, -0.15) is 0 Å². The van der Waals surface area contributed by atoms with Crippen molar-refractivity contribution in [2.75, 3.05) is 33.0 Å². The average molecular weight is 405 g/mol. The Morgan fingerprint density at radius 2 is 1.59 bits per heavy atom. The van der Waals surface area contributed by atoms with Crippen molar-refractivity contribution in [3.05, 3.63) is 41.0 Å². The number of aromatic carboxylic acids is 2. The van der Waals surface area contributed by atoms with Gasteiger partial charge in [-0.25, -0.2) is 15.1 Å². The molecule has 0 spiro atoms. The van der Waals surface area contributed by atoms with Gasteiger partial charge >= 0.3 is 11.9 Å². The van der Waals surface area contributed by atoms with Gasteiger partial charge in [0.05, 0.1) is 29.3 Å². The molecule has 1 amide bonds. The van der Waals surface area contributed by atoms with Crippen LogP contribution in [0.25, 0.3) is 11.1 Å². The number of rotatable bonds is 9. The normalized spacial score (nSPS) is 12.1. The highest BCUT2D eigenvalue weighted by atomic mass is 16.7. The summed E-state index contributed by atoms with van der Waals surface area (Å²) in [5.41, 5.74) is 7.89. The van der Waals surface area contributed by atoms with Gasteiger partial charge in [0.1, 0.15) is 6.61 Å². The summed E-state index contributed by atoms with van der Waals surface area (Å²) in [7, 11) is 3.58. The number of nitrogen functional groups attached to an aromatic ring is 1. The maximum atomic E-state index is 12.0. The first-order valence-electron chi connectivity index (χ1n) is 8.65. The number of nitrogens with one attached hydrogen (secondary N) is 1. The van der Waals surface area contributed by atoms with Gasteiger partial charge < -0.3 is 26.0 Å². The van der Waals surface area contributed by atoms with Crippen LogP contribution >= 0.6 is 0 Å². The van der Waals surface area contributed by atoms with E-state index in [-0.39, 0.29) is 41.0 Å². The van der Waals surface area contributed by atoms with Gasteiger partial charge in [0.2, 0.25) is 5.91 Å². The molecule has 2 aliphatic carbocycles. The minimum atomic E-state index is -1.34. The number of hydrogen-bond donors (Lipinski definition) is 5. The van der Waals surface area contributed by atoms with Crippen LogP contribution in [0, 0.1) is 0 Å². The molecular formula is C19H23N3O7. The van der Waals surface area contributed by atoms with E-state index in [1.54, 1.807) is 19.0 Å². The van der Waals surface area contributed by atoms with Crippen molar-refractivity contribution in [2.45, 2.75) is 12.5 Å². The zero-order chi connectivity index (χ0) is 21.7. The van der Waals surface area contributed by atoms with E-state index in [1.807, 2.05) is 0 Å². The van der Waals surface area contributed by atoms with Crippen molar-refractivity contribution in [1.29, 1.82) is 0 Å².